The van der Waals surface area contributed by atoms with Crippen LogP contribution in [0.5, 0.6) is 0 Å². The van der Waals surface area contributed by atoms with E-state index in [1.165, 1.54) is 5.69 Å². The van der Waals surface area contributed by atoms with Crippen molar-refractivity contribution in [1.29, 1.82) is 0 Å². The number of nitrogens with zero attached hydrogens (tertiary/aromatic N) is 2. The van der Waals surface area contributed by atoms with E-state index in [2.05, 4.69) is 24.3 Å². The molecule has 0 bridgehead atoms. The lowest BCUT2D eigenvalue weighted by Crippen LogP contribution is -2.26. The second-order valence-corrected chi connectivity index (χ2v) is 3.92. The first-order chi connectivity index (χ1) is 7.20. The summed E-state index contributed by atoms with van der Waals surface area (Å²) < 4.78 is 7.39. The molecule has 4 nitrogen and oxygen atoms in total. The monoisotopic (exact) mass is 211 g/mol. The van der Waals surface area contributed by atoms with Gasteiger partial charge in [0.1, 0.15) is 0 Å². The summed E-state index contributed by atoms with van der Waals surface area (Å²) in [7, 11) is 1.95. The van der Waals surface area contributed by atoms with Gasteiger partial charge >= 0.3 is 0 Å². The lowest BCUT2D eigenvalue weighted by Gasteiger charge is -2.08. The summed E-state index contributed by atoms with van der Waals surface area (Å²) in [5, 5.41) is 7.41. The molecular formula is C11H21N3O. The summed E-state index contributed by atoms with van der Waals surface area (Å²) in [6.45, 7) is 6.73. The van der Waals surface area contributed by atoms with Crippen molar-refractivity contribution in [3.8, 4) is 0 Å². The lowest BCUT2D eigenvalue weighted by atomic mass is 10.3. The van der Waals surface area contributed by atoms with Gasteiger partial charge in [-0.15, -0.1) is 0 Å². The number of hydrogen-bond donors (Lipinski definition) is 1. The summed E-state index contributed by atoms with van der Waals surface area (Å²) in [5.74, 6) is 0. The molecule has 86 valence electrons. The Kier molecular flexibility index (Phi) is 5.36. The summed E-state index contributed by atoms with van der Waals surface area (Å²) in [5.41, 5.74) is 1.21. The van der Waals surface area contributed by atoms with Gasteiger partial charge in [0.15, 0.2) is 0 Å². The highest BCUT2D eigenvalue weighted by atomic mass is 16.5. The van der Waals surface area contributed by atoms with Gasteiger partial charge in [-0.05, 0) is 6.07 Å². The summed E-state index contributed by atoms with van der Waals surface area (Å²) in [6, 6.07) is 2.56. The SMILES string of the molecule is CC(C)NCCOCCc1ccnn1C. The van der Waals surface area contributed by atoms with E-state index in [1.54, 1.807) is 0 Å². The number of ether oxygens (including phenoxy) is 1. The van der Waals surface area contributed by atoms with Crippen molar-refractivity contribution in [2.75, 3.05) is 19.8 Å². The number of aromatic nitrogens is 2. The first kappa shape index (κ1) is 12.2. The minimum absolute atomic E-state index is 0.533. The van der Waals surface area contributed by atoms with Crippen LogP contribution in [-0.4, -0.2) is 35.6 Å². The average molecular weight is 211 g/mol. The molecule has 0 aliphatic rings. The Balaban J connectivity index is 2.00. The third-order valence-electron chi connectivity index (χ3n) is 2.22. The van der Waals surface area contributed by atoms with E-state index in [0.717, 1.165) is 26.2 Å². The van der Waals surface area contributed by atoms with Crippen molar-refractivity contribution in [2.24, 2.45) is 7.05 Å². The van der Waals surface area contributed by atoms with Gasteiger partial charge in [-0.25, -0.2) is 0 Å². The fourth-order valence-corrected chi connectivity index (χ4v) is 1.35. The molecule has 1 rings (SSSR count). The Bertz CT molecular complexity index is 271. The van der Waals surface area contributed by atoms with Crippen LogP contribution in [0.25, 0.3) is 0 Å². The van der Waals surface area contributed by atoms with Crippen molar-refractivity contribution in [1.82, 2.24) is 15.1 Å². The molecule has 0 saturated heterocycles. The lowest BCUT2D eigenvalue weighted by molar-refractivity contribution is 0.136. The van der Waals surface area contributed by atoms with Crippen LogP contribution >= 0.6 is 0 Å². The average Bonchev–Trinajstić information content (AvgIpc) is 2.57. The molecule has 0 aliphatic carbocycles. The molecule has 1 aromatic heterocycles. The number of nitrogens with one attached hydrogen (secondary N) is 1. The van der Waals surface area contributed by atoms with Gasteiger partial charge in [0.2, 0.25) is 0 Å². The van der Waals surface area contributed by atoms with Gasteiger partial charge in [0, 0.05) is 37.9 Å². The molecule has 0 aliphatic heterocycles. The molecule has 1 heterocycles. The Hall–Kier alpha value is -0.870. The van der Waals surface area contributed by atoms with Crippen LogP contribution in [0.2, 0.25) is 0 Å². The molecule has 0 amide bonds. The Labute approximate surface area is 91.6 Å². The van der Waals surface area contributed by atoms with Gasteiger partial charge < -0.3 is 10.1 Å². The topological polar surface area (TPSA) is 39.1 Å². The maximum absolute atomic E-state index is 5.51. The van der Waals surface area contributed by atoms with Crippen LogP contribution < -0.4 is 5.32 Å². The molecule has 0 saturated carbocycles. The zero-order chi connectivity index (χ0) is 11.1. The molecule has 0 radical (unpaired) electrons. The largest absolute Gasteiger partial charge is 0.380 e. The van der Waals surface area contributed by atoms with Crippen LogP contribution in [0.15, 0.2) is 12.3 Å². The molecule has 0 aromatic carbocycles. The number of rotatable bonds is 7. The molecule has 0 unspecified atom stereocenters. The van der Waals surface area contributed by atoms with Crippen LogP contribution in [0.1, 0.15) is 19.5 Å². The predicted octanol–water partition coefficient (Wildman–Crippen LogP) is 0.977. The van der Waals surface area contributed by atoms with Gasteiger partial charge in [-0.2, -0.15) is 5.10 Å². The zero-order valence-corrected chi connectivity index (χ0v) is 9.86. The van der Waals surface area contributed by atoms with E-state index in [-0.39, 0.29) is 0 Å². The standard InChI is InChI=1S/C11H21N3O/c1-10(2)12-7-9-15-8-5-11-4-6-13-14(11)3/h4,6,10,12H,5,7-9H2,1-3H3. The van der Waals surface area contributed by atoms with E-state index in [0.29, 0.717) is 6.04 Å². The van der Waals surface area contributed by atoms with Crippen molar-refractivity contribution >= 4 is 0 Å². The van der Waals surface area contributed by atoms with Gasteiger partial charge in [-0.1, -0.05) is 13.8 Å². The number of hydrogen-bond acceptors (Lipinski definition) is 3. The minimum atomic E-state index is 0.533. The molecule has 15 heavy (non-hydrogen) atoms. The van der Waals surface area contributed by atoms with Crippen LogP contribution in [0, 0.1) is 0 Å². The summed E-state index contributed by atoms with van der Waals surface area (Å²) in [6.07, 6.45) is 2.74. The van der Waals surface area contributed by atoms with E-state index in [4.69, 9.17) is 4.74 Å². The van der Waals surface area contributed by atoms with E-state index < -0.39 is 0 Å². The number of aryl methyl sites for hydroxylation is 1. The van der Waals surface area contributed by atoms with Gasteiger partial charge in [-0.3, -0.25) is 4.68 Å². The first-order valence-electron chi connectivity index (χ1n) is 5.48. The third kappa shape index (κ3) is 4.95. The Morgan fingerprint density at radius 2 is 2.27 bits per heavy atom. The van der Waals surface area contributed by atoms with Crippen molar-refractivity contribution in [2.45, 2.75) is 26.3 Å². The van der Waals surface area contributed by atoms with Gasteiger partial charge in [0.25, 0.3) is 0 Å². The predicted molar refractivity (Wildman–Crippen MR) is 60.9 cm³/mol. The molecular weight excluding hydrogens is 190 g/mol. The zero-order valence-electron chi connectivity index (χ0n) is 9.86. The highest BCUT2D eigenvalue weighted by Crippen LogP contribution is 1.97. The first-order valence-corrected chi connectivity index (χ1v) is 5.48. The van der Waals surface area contributed by atoms with E-state index in [9.17, 15) is 0 Å². The molecule has 1 N–H and O–H groups in total. The van der Waals surface area contributed by atoms with E-state index >= 15 is 0 Å². The highest BCUT2D eigenvalue weighted by molar-refractivity contribution is 4.99. The molecule has 0 atom stereocenters. The smallest absolute Gasteiger partial charge is 0.0591 e. The fourth-order valence-electron chi connectivity index (χ4n) is 1.35. The summed E-state index contributed by atoms with van der Waals surface area (Å²) >= 11 is 0. The van der Waals surface area contributed by atoms with Gasteiger partial charge in [0.05, 0.1) is 13.2 Å². The maximum Gasteiger partial charge on any atom is 0.0591 e. The quantitative estimate of drug-likeness (QED) is 0.683. The molecule has 0 spiro atoms. The minimum Gasteiger partial charge on any atom is -0.380 e. The third-order valence-corrected chi connectivity index (χ3v) is 2.22. The second kappa shape index (κ2) is 6.58. The Morgan fingerprint density at radius 1 is 1.47 bits per heavy atom. The fraction of sp³-hybridized carbons (Fsp3) is 0.727. The molecule has 0 fully saturated rings. The van der Waals surface area contributed by atoms with Crippen molar-refractivity contribution in [3.63, 3.8) is 0 Å². The van der Waals surface area contributed by atoms with Crippen molar-refractivity contribution in [3.05, 3.63) is 18.0 Å². The normalized spacial score (nSPS) is 11.2. The molecule has 1 aromatic rings. The van der Waals surface area contributed by atoms with Crippen LogP contribution in [0.4, 0.5) is 0 Å². The Morgan fingerprint density at radius 3 is 2.87 bits per heavy atom. The van der Waals surface area contributed by atoms with E-state index in [1.807, 2.05) is 24.0 Å². The van der Waals surface area contributed by atoms with Crippen molar-refractivity contribution < 1.29 is 4.74 Å². The van der Waals surface area contributed by atoms with Crippen LogP contribution in [0.3, 0.4) is 0 Å². The highest BCUT2D eigenvalue weighted by Gasteiger charge is 1.98. The maximum atomic E-state index is 5.51. The molecule has 4 heteroatoms. The second-order valence-electron chi connectivity index (χ2n) is 3.92. The summed E-state index contributed by atoms with van der Waals surface area (Å²) in [4.78, 5) is 0. The van der Waals surface area contributed by atoms with Crippen LogP contribution in [-0.2, 0) is 18.2 Å².